The molecular weight excluding hydrogens is 296 g/mol. The minimum Gasteiger partial charge on any atom is -0.489 e. The molecule has 1 aliphatic heterocycles. The largest absolute Gasteiger partial charge is 0.489 e. The van der Waals surface area contributed by atoms with E-state index in [2.05, 4.69) is 4.98 Å². The van der Waals surface area contributed by atoms with Gasteiger partial charge < -0.3 is 15.2 Å². The highest BCUT2D eigenvalue weighted by Gasteiger charge is 2.17. The van der Waals surface area contributed by atoms with Gasteiger partial charge in [-0.25, -0.2) is 4.98 Å². The van der Waals surface area contributed by atoms with E-state index in [4.69, 9.17) is 26.8 Å². The molecule has 1 aromatic heterocycles. The van der Waals surface area contributed by atoms with Crippen molar-refractivity contribution in [3.8, 4) is 22.1 Å². The molecule has 0 fully saturated rings. The van der Waals surface area contributed by atoms with Crippen molar-refractivity contribution in [2.75, 3.05) is 13.2 Å². The molecule has 0 saturated carbocycles. The first-order valence-electron chi connectivity index (χ1n) is 6.45. The Morgan fingerprint density at radius 3 is 2.90 bits per heavy atom. The maximum absolute atomic E-state index is 6.29. The molecular formula is C14H15ClN2O2S. The van der Waals surface area contributed by atoms with Crippen LogP contribution >= 0.6 is 22.9 Å². The first-order chi connectivity index (χ1) is 9.65. The van der Waals surface area contributed by atoms with Crippen LogP contribution in [0, 0.1) is 0 Å². The van der Waals surface area contributed by atoms with E-state index >= 15 is 0 Å². The van der Waals surface area contributed by atoms with Gasteiger partial charge in [0, 0.05) is 23.4 Å². The number of thiazole rings is 1. The SMILES string of the molecule is CC(N)c1csc(-c2cc(Cl)c3c(c2)OCCCO3)n1. The number of hydrogen-bond acceptors (Lipinski definition) is 5. The molecule has 2 N–H and O–H groups in total. The number of hydrogen-bond donors (Lipinski definition) is 1. The maximum Gasteiger partial charge on any atom is 0.179 e. The van der Waals surface area contributed by atoms with E-state index in [0.717, 1.165) is 22.7 Å². The van der Waals surface area contributed by atoms with Gasteiger partial charge in [-0.3, -0.25) is 0 Å². The molecule has 0 spiro atoms. The van der Waals surface area contributed by atoms with E-state index in [1.807, 2.05) is 24.4 Å². The summed E-state index contributed by atoms with van der Waals surface area (Å²) in [5.41, 5.74) is 7.65. The molecule has 1 aliphatic rings. The zero-order chi connectivity index (χ0) is 14.1. The third kappa shape index (κ3) is 2.61. The Morgan fingerprint density at radius 1 is 1.35 bits per heavy atom. The molecule has 0 amide bonds. The molecule has 1 aromatic carbocycles. The summed E-state index contributed by atoms with van der Waals surface area (Å²) in [6, 6.07) is 3.71. The molecule has 2 aromatic rings. The minimum atomic E-state index is -0.0733. The zero-order valence-electron chi connectivity index (χ0n) is 11.1. The Balaban J connectivity index is 2.01. The fourth-order valence-corrected chi connectivity index (χ4v) is 3.16. The lowest BCUT2D eigenvalue weighted by atomic mass is 10.2. The third-order valence-electron chi connectivity index (χ3n) is 3.04. The van der Waals surface area contributed by atoms with E-state index in [-0.39, 0.29) is 6.04 Å². The molecule has 1 atom stereocenters. The Bertz CT molecular complexity index is 628. The summed E-state index contributed by atoms with van der Waals surface area (Å²) in [6.07, 6.45) is 0.854. The highest BCUT2D eigenvalue weighted by Crippen LogP contribution is 2.41. The van der Waals surface area contributed by atoms with Crippen molar-refractivity contribution in [2.24, 2.45) is 5.73 Å². The lowest BCUT2D eigenvalue weighted by Gasteiger charge is -2.10. The summed E-state index contributed by atoms with van der Waals surface area (Å²) in [5, 5.41) is 3.41. The van der Waals surface area contributed by atoms with Crippen molar-refractivity contribution in [1.82, 2.24) is 4.98 Å². The zero-order valence-corrected chi connectivity index (χ0v) is 12.6. The van der Waals surface area contributed by atoms with Gasteiger partial charge in [0.2, 0.25) is 0 Å². The lowest BCUT2D eigenvalue weighted by Crippen LogP contribution is -2.04. The molecule has 2 heterocycles. The Morgan fingerprint density at radius 2 is 2.15 bits per heavy atom. The summed E-state index contributed by atoms with van der Waals surface area (Å²) in [5.74, 6) is 1.31. The van der Waals surface area contributed by atoms with Gasteiger partial charge in [-0.05, 0) is 19.1 Å². The van der Waals surface area contributed by atoms with Gasteiger partial charge in [-0.15, -0.1) is 11.3 Å². The maximum atomic E-state index is 6.29. The monoisotopic (exact) mass is 310 g/mol. The van der Waals surface area contributed by atoms with E-state index < -0.39 is 0 Å². The molecule has 6 heteroatoms. The first kappa shape index (κ1) is 13.7. The number of nitrogens with two attached hydrogens (primary N) is 1. The summed E-state index contributed by atoms with van der Waals surface area (Å²) in [7, 11) is 0. The molecule has 20 heavy (non-hydrogen) atoms. The van der Waals surface area contributed by atoms with E-state index in [9.17, 15) is 0 Å². The second kappa shape index (κ2) is 5.60. The van der Waals surface area contributed by atoms with Gasteiger partial charge in [0.1, 0.15) is 5.01 Å². The van der Waals surface area contributed by atoms with Gasteiger partial charge in [-0.2, -0.15) is 0 Å². The topological polar surface area (TPSA) is 57.4 Å². The molecule has 0 radical (unpaired) electrons. The number of benzene rings is 1. The van der Waals surface area contributed by atoms with Crippen LogP contribution in [-0.4, -0.2) is 18.2 Å². The van der Waals surface area contributed by atoms with Crippen LogP contribution in [0.1, 0.15) is 25.1 Å². The quantitative estimate of drug-likeness (QED) is 0.920. The number of ether oxygens (including phenoxy) is 2. The van der Waals surface area contributed by atoms with Crippen LogP contribution in [0.15, 0.2) is 17.5 Å². The second-order valence-corrected chi connectivity index (χ2v) is 5.97. The van der Waals surface area contributed by atoms with Crippen molar-refractivity contribution in [3.05, 3.63) is 28.2 Å². The predicted octanol–water partition coefficient (Wildman–Crippen LogP) is 3.64. The predicted molar refractivity (Wildman–Crippen MR) is 80.8 cm³/mol. The molecule has 0 aliphatic carbocycles. The lowest BCUT2D eigenvalue weighted by molar-refractivity contribution is 0.297. The number of rotatable bonds is 2. The van der Waals surface area contributed by atoms with Crippen molar-refractivity contribution >= 4 is 22.9 Å². The summed E-state index contributed by atoms with van der Waals surface area (Å²) < 4.78 is 11.3. The van der Waals surface area contributed by atoms with E-state index in [1.54, 1.807) is 11.3 Å². The molecule has 4 nitrogen and oxygen atoms in total. The minimum absolute atomic E-state index is 0.0733. The van der Waals surface area contributed by atoms with Gasteiger partial charge in [-0.1, -0.05) is 11.6 Å². The van der Waals surface area contributed by atoms with Crippen molar-refractivity contribution in [2.45, 2.75) is 19.4 Å². The van der Waals surface area contributed by atoms with Crippen LogP contribution in [0.4, 0.5) is 0 Å². The standard InChI is InChI=1S/C14H15ClN2O2S/c1-8(16)11-7-20-14(17-11)9-5-10(15)13-12(6-9)18-3-2-4-19-13/h5-8H,2-4,16H2,1H3. The Labute approximate surface area is 126 Å². The average Bonchev–Trinajstić information content (AvgIpc) is 2.79. The summed E-state index contributed by atoms with van der Waals surface area (Å²) in [4.78, 5) is 4.53. The Hall–Kier alpha value is -1.30. The highest BCUT2D eigenvalue weighted by molar-refractivity contribution is 7.13. The first-order valence-corrected chi connectivity index (χ1v) is 7.71. The highest BCUT2D eigenvalue weighted by atomic mass is 35.5. The van der Waals surface area contributed by atoms with E-state index in [1.165, 1.54) is 0 Å². The van der Waals surface area contributed by atoms with Crippen molar-refractivity contribution in [3.63, 3.8) is 0 Å². The van der Waals surface area contributed by atoms with Crippen LogP contribution < -0.4 is 15.2 Å². The smallest absolute Gasteiger partial charge is 0.179 e. The van der Waals surface area contributed by atoms with Gasteiger partial charge in [0.05, 0.1) is 23.9 Å². The fraction of sp³-hybridized carbons (Fsp3) is 0.357. The number of halogens is 1. The van der Waals surface area contributed by atoms with Crippen LogP contribution in [0.5, 0.6) is 11.5 Å². The normalized spacial score (nSPS) is 15.8. The number of fused-ring (bicyclic) bond motifs is 1. The molecule has 106 valence electrons. The van der Waals surface area contributed by atoms with Crippen molar-refractivity contribution in [1.29, 1.82) is 0 Å². The summed E-state index contributed by atoms with van der Waals surface area (Å²) in [6.45, 7) is 3.17. The second-order valence-electron chi connectivity index (χ2n) is 4.70. The van der Waals surface area contributed by atoms with Crippen LogP contribution in [0.25, 0.3) is 10.6 Å². The van der Waals surface area contributed by atoms with Gasteiger partial charge in [0.25, 0.3) is 0 Å². The number of nitrogens with zero attached hydrogens (tertiary/aromatic N) is 1. The average molecular weight is 311 g/mol. The van der Waals surface area contributed by atoms with Crippen LogP contribution in [0.3, 0.4) is 0 Å². The third-order valence-corrected chi connectivity index (χ3v) is 4.23. The molecule has 1 unspecified atom stereocenters. The fourth-order valence-electron chi connectivity index (χ4n) is 1.98. The van der Waals surface area contributed by atoms with Gasteiger partial charge >= 0.3 is 0 Å². The van der Waals surface area contributed by atoms with E-state index in [0.29, 0.717) is 29.7 Å². The van der Waals surface area contributed by atoms with Crippen LogP contribution in [0.2, 0.25) is 5.02 Å². The summed E-state index contributed by atoms with van der Waals surface area (Å²) >= 11 is 7.84. The molecule has 0 bridgehead atoms. The van der Waals surface area contributed by atoms with Crippen molar-refractivity contribution < 1.29 is 9.47 Å². The Kier molecular flexibility index (Phi) is 3.83. The molecule has 0 saturated heterocycles. The molecule has 3 rings (SSSR count). The number of aromatic nitrogens is 1. The van der Waals surface area contributed by atoms with Gasteiger partial charge in [0.15, 0.2) is 11.5 Å². The van der Waals surface area contributed by atoms with Crippen LogP contribution in [-0.2, 0) is 0 Å².